The van der Waals surface area contributed by atoms with Crippen LogP contribution in [0.15, 0.2) is 42.5 Å². The Bertz CT molecular complexity index is 1100. The highest BCUT2D eigenvalue weighted by Crippen LogP contribution is 2.18. The lowest BCUT2D eigenvalue weighted by atomic mass is 10.1. The van der Waals surface area contributed by atoms with Crippen molar-refractivity contribution in [3.63, 3.8) is 0 Å². The number of hydrogen-bond acceptors (Lipinski definition) is 5. The zero-order chi connectivity index (χ0) is 22.4. The van der Waals surface area contributed by atoms with Gasteiger partial charge in [-0.25, -0.2) is 8.78 Å². The summed E-state index contributed by atoms with van der Waals surface area (Å²) in [6, 6.07) is 10.8. The number of aromatic nitrogens is 4. The third kappa shape index (κ3) is 5.71. The standard InChI is InChI=1S/C22H23F2N5O2/c1-14(7-8-16-9-10-19(23)20(24)12-16)25-22(30)21(29-15(2)26-27-28-29)13-17-5-4-6-18(11-17)31-3/h4-6,9-14H,7-8H2,1-3H3,(H,25,30)/b21-13-. The maximum atomic E-state index is 13.4. The van der Waals surface area contributed by atoms with Crippen molar-refractivity contribution in [3.05, 3.63) is 71.1 Å². The minimum absolute atomic E-state index is 0.230. The Morgan fingerprint density at radius 3 is 2.71 bits per heavy atom. The fourth-order valence-corrected chi connectivity index (χ4v) is 3.01. The van der Waals surface area contributed by atoms with E-state index in [0.717, 1.165) is 11.6 Å². The molecule has 7 nitrogen and oxygen atoms in total. The average Bonchev–Trinajstić information content (AvgIpc) is 3.18. The lowest BCUT2D eigenvalue weighted by molar-refractivity contribution is -0.116. The fraction of sp³-hybridized carbons (Fsp3) is 0.273. The number of nitrogens with zero attached hydrogens (tertiary/aromatic N) is 4. The van der Waals surface area contributed by atoms with Crippen LogP contribution >= 0.6 is 0 Å². The number of methoxy groups -OCH3 is 1. The number of carbonyl (C=O) groups is 1. The second kappa shape index (κ2) is 9.92. The highest BCUT2D eigenvalue weighted by atomic mass is 19.2. The predicted octanol–water partition coefficient (Wildman–Crippen LogP) is 3.40. The van der Waals surface area contributed by atoms with E-state index in [9.17, 15) is 13.6 Å². The Labute approximate surface area is 178 Å². The SMILES string of the molecule is COc1cccc(/C=C(/C(=O)NC(C)CCc2ccc(F)c(F)c2)n2nnnc2C)c1. The number of halogens is 2. The lowest BCUT2D eigenvalue weighted by Gasteiger charge is -2.16. The molecule has 2 aromatic carbocycles. The maximum absolute atomic E-state index is 13.4. The van der Waals surface area contributed by atoms with Crippen molar-refractivity contribution >= 4 is 17.7 Å². The monoisotopic (exact) mass is 427 g/mol. The molecule has 31 heavy (non-hydrogen) atoms. The number of nitrogens with one attached hydrogen (secondary N) is 1. The minimum Gasteiger partial charge on any atom is -0.497 e. The Morgan fingerprint density at radius 1 is 1.23 bits per heavy atom. The molecule has 0 fully saturated rings. The highest BCUT2D eigenvalue weighted by molar-refractivity contribution is 6.18. The lowest BCUT2D eigenvalue weighted by Crippen LogP contribution is -2.35. The molecule has 1 amide bonds. The van der Waals surface area contributed by atoms with Gasteiger partial charge in [-0.05, 0) is 78.6 Å². The van der Waals surface area contributed by atoms with Gasteiger partial charge in [0.25, 0.3) is 5.91 Å². The first-order valence-electron chi connectivity index (χ1n) is 9.73. The summed E-state index contributed by atoms with van der Waals surface area (Å²) < 4.78 is 33.1. The summed E-state index contributed by atoms with van der Waals surface area (Å²) in [6.45, 7) is 3.53. The molecule has 3 aromatic rings. The third-order valence-corrected chi connectivity index (χ3v) is 4.71. The first kappa shape index (κ1) is 22.1. The van der Waals surface area contributed by atoms with Gasteiger partial charge in [0.05, 0.1) is 7.11 Å². The molecule has 162 valence electrons. The normalized spacial score (nSPS) is 12.5. The van der Waals surface area contributed by atoms with Crippen LogP contribution in [0.2, 0.25) is 0 Å². The van der Waals surface area contributed by atoms with Gasteiger partial charge >= 0.3 is 0 Å². The largest absolute Gasteiger partial charge is 0.497 e. The highest BCUT2D eigenvalue weighted by Gasteiger charge is 2.18. The van der Waals surface area contributed by atoms with Crippen molar-refractivity contribution in [2.24, 2.45) is 0 Å². The Morgan fingerprint density at radius 2 is 2.03 bits per heavy atom. The topological polar surface area (TPSA) is 81.9 Å². The molecule has 1 aromatic heterocycles. The number of ether oxygens (including phenoxy) is 1. The number of carbonyl (C=O) groups excluding carboxylic acids is 1. The van der Waals surface area contributed by atoms with Gasteiger partial charge in [0.15, 0.2) is 17.5 Å². The van der Waals surface area contributed by atoms with Gasteiger partial charge < -0.3 is 10.1 Å². The first-order valence-corrected chi connectivity index (χ1v) is 9.73. The van der Waals surface area contributed by atoms with E-state index in [0.29, 0.717) is 30.0 Å². The van der Waals surface area contributed by atoms with Gasteiger partial charge in [-0.15, -0.1) is 5.10 Å². The zero-order valence-corrected chi connectivity index (χ0v) is 17.5. The second-order valence-electron chi connectivity index (χ2n) is 7.11. The smallest absolute Gasteiger partial charge is 0.270 e. The van der Waals surface area contributed by atoms with Crippen molar-refractivity contribution in [1.82, 2.24) is 25.5 Å². The van der Waals surface area contributed by atoms with Gasteiger partial charge in [-0.3, -0.25) is 4.79 Å². The van der Waals surface area contributed by atoms with E-state index in [1.54, 1.807) is 32.2 Å². The molecule has 0 radical (unpaired) electrons. The summed E-state index contributed by atoms with van der Waals surface area (Å²) in [7, 11) is 1.57. The second-order valence-corrected chi connectivity index (χ2v) is 7.11. The van der Waals surface area contributed by atoms with Crippen molar-refractivity contribution in [2.45, 2.75) is 32.7 Å². The molecule has 1 heterocycles. The minimum atomic E-state index is -0.883. The summed E-state index contributed by atoms with van der Waals surface area (Å²) in [6.07, 6.45) is 2.69. The van der Waals surface area contributed by atoms with Gasteiger partial charge in [0.1, 0.15) is 11.4 Å². The van der Waals surface area contributed by atoms with Crippen molar-refractivity contribution in [3.8, 4) is 5.75 Å². The fourth-order valence-electron chi connectivity index (χ4n) is 3.01. The maximum Gasteiger partial charge on any atom is 0.270 e. The Kier molecular flexibility index (Phi) is 7.07. The molecular formula is C22H23F2N5O2. The van der Waals surface area contributed by atoms with Gasteiger partial charge in [0, 0.05) is 6.04 Å². The van der Waals surface area contributed by atoms with E-state index in [4.69, 9.17) is 4.74 Å². The summed E-state index contributed by atoms with van der Waals surface area (Å²) >= 11 is 0. The number of aryl methyl sites for hydroxylation is 2. The summed E-state index contributed by atoms with van der Waals surface area (Å²) in [5.74, 6) is -1.02. The number of rotatable bonds is 8. The van der Waals surface area contributed by atoms with Crippen LogP contribution in [0.1, 0.15) is 30.3 Å². The molecule has 0 aliphatic heterocycles. The molecule has 1 N–H and O–H groups in total. The number of benzene rings is 2. The van der Waals surface area contributed by atoms with Crippen LogP contribution < -0.4 is 10.1 Å². The first-order chi connectivity index (χ1) is 14.9. The molecule has 9 heteroatoms. The van der Waals surface area contributed by atoms with Crippen LogP contribution in [0.3, 0.4) is 0 Å². The van der Waals surface area contributed by atoms with E-state index >= 15 is 0 Å². The molecule has 1 atom stereocenters. The summed E-state index contributed by atoms with van der Waals surface area (Å²) in [5, 5.41) is 14.3. The van der Waals surface area contributed by atoms with Gasteiger partial charge in [0.2, 0.25) is 0 Å². The number of amides is 1. The Hall–Kier alpha value is -3.62. The Balaban J connectivity index is 1.76. The van der Waals surface area contributed by atoms with E-state index in [2.05, 4.69) is 20.8 Å². The molecule has 0 bridgehead atoms. The van der Waals surface area contributed by atoms with Gasteiger partial charge in [-0.1, -0.05) is 18.2 Å². The van der Waals surface area contributed by atoms with Crippen LogP contribution in [0.25, 0.3) is 11.8 Å². The van der Waals surface area contributed by atoms with Crippen LogP contribution in [0, 0.1) is 18.6 Å². The quantitative estimate of drug-likeness (QED) is 0.557. The van der Waals surface area contributed by atoms with E-state index in [1.807, 2.05) is 19.1 Å². The zero-order valence-electron chi connectivity index (χ0n) is 17.5. The third-order valence-electron chi connectivity index (χ3n) is 4.71. The van der Waals surface area contributed by atoms with Crippen molar-refractivity contribution in [2.75, 3.05) is 7.11 Å². The van der Waals surface area contributed by atoms with Crippen LogP contribution in [-0.4, -0.2) is 39.3 Å². The number of tetrazole rings is 1. The van der Waals surface area contributed by atoms with Crippen molar-refractivity contribution in [1.29, 1.82) is 0 Å². The van der Waals surface area contributed by atoms with Crippen molar-refractivity contribution < 1.29 is 18.3 Å². The molecule has 1 unspecified atom stereocenters. The summed E-state index contributed by atoms with van der Waals surface area (Å²) in [4.78, 5) is 13.0. The summed E-state index contributed by atoms with van der Waals surface area (Å²) in [5.41, 5.74) is 1.65. The molecule has 0 saturated heterocycles. The van der Waals surface area contributed by atoms with Crippen LogP contribution in [-0.2, 0) is 11.2 Å². The van der Waals surface area contributed by atoms with E-state index in [1.165, 1.54) is 16.8 Å². The van der Waals surface area contributed by atoms with Gasteiger partial charge in [-0.2, -0.15) is 4.68 Å². The van der Waals surface area contributed by atoms with E-state index < -0.39 is 11.6 Å². The number of hydrogen-bond donors (Lipinski definition) is 1. The molecule has 0 spiro atoms. The molecule has 0 saturated carbocycles. The molecule has 0 aliphatic rings. The average molecular weight is 427 g/mol. The molecule has 0 aliphatic carbocycles. The molecule has 3 rings (SSSR count). The molecular weight excluding hydrogens is 404 g/mol. The van der Waals surface area contributed by atoms with E-state index in [-0.39, 0.29) is 17.6 Å². The van der Waals surface area contributed by atoms with Crippen LogP contribution in [0.5, 0.6) is 5.75 Å². The predicted molar refractivity (Wildman–Crippen MR) is 112 cm³/mol. The van der Waals surface area contributed by atoms with Crippen LogP contribution in [0.4, 0.5) is 8.78 Å².